The lowest BCUT2D eigenvalue weighted by molar-refractivity contribution is -0.136. The molecule has 1 aromatic heterocycles. The van der Waals surface area contributed by atoms with Crippen molar-refractivity contribution in [3.63, 3.8) is 0 Å². The van der Waals surface area contributed by atoms with Crippen LogP contribution in [0.5, 0.6) is 0 Å². The Morgan fingerprint density at radius 2 is 2.00 bits per heavy atom. The number of amides is 1. The fourth-order valence-corrected chi connectivity index (χ4v) is 4.19. The fraction of sp³-hybridized carbons (Fsp3) is 0.444. The number of rotatable bonds is 2. The number of imidazole rings is 1. The third kappa shape index (κ3) is 3.23. The first-order chi connectivity index (χ1) is 12.1. The lowest BCUT2D eigenvalue weighted by atomic mass is 9.88. The zero-order valence-corrected chi connectivity index (χ0v) is 15.4. The molecule has 4 rings (SSSR count). The van der Waals surface area contributed by atoms with Gasteiger partial charge in [-0.05, 0) is 25.0 Å². The van der Waals surface area contributed by atoms with Crippen molar-refractivity contribution < 1.29 is 4.79 Å². The van der Waals surface area contributed by atoms with Gasteiger partial charge in [-0.2, -0.15) is 0 Å². The van der Waals surface area contributed by atoms with E-state index in [9.17, 15) is 4.79 Å². The van der Waals surface area contributed by atoms with Crippen LogP contribution in [0.2, 0.25) is 10.0 Å². The number of hydrogen-bond acceptors (Lipinski definition) is 3. The number of fused-ring (bicyclic) bond motifs is 1. The second-order valence-electron chi connectivity index (χ2n) is 6.65. The maximum Gasteiger partial charge on any atom is 0.226 e. The Labute approximate surface area is 156 Å². The highest BCUT2D eigenvalue weighted by Gasteiger charge is 2.31. The van der Waals surface area contributed by atoms with Gasteiger partial charge in [0, 0.05) is 44.2 Å². The van der Waals surface area contributed by atoms with E-state index in [1.54, 1.807) is 12.4 Å². The highest BCUT2D eigenvalue weighted by molar-refractivity contribution is 6.43. The SMILES string of the molecule is O=C(C1CCc2nc[nH]c2C1)N1CCN(c2cccc(Cl)c2Cl)CC1. The molecule has 0 spiro atoms. The Morgan fingerprint density at radius 3 is 2.80 bits per heavy atom. The molecule has 1 N–H and O–H groups in total. The van der Waals surface area contributed by atoms with Gasteiger partial charge >= 0.3 is 0 Å². The van der Waals surface area contributed by atoms with Crippen LogP contribution >= 0.6 is 23.2 Å². The number of nitrogens with one attached hydrogen (secondary N) is 1. The van der Waals surface area contributed by atoms with Crippen LogP contribution in [0.4, 0.5) is 5.69 Å². The number of halogens is 2. The average molecular weight is 379 g/mol. The highest BCUT2D eigenvalue weighted by Crippen LogP contribution is 2.33. The molecule has 7 heteroatoms. The summed E-state index contributed by atoms with van der Waals surface area (Å²) in [4.78, 5) is 24.5. The maximum atomic E-state index is 12.9. The predicted molar refractivity (Wildman–Crippen MR) is 99.4 cm³/mol. The molecule has 5 nitrogen and oxygen atoms in total. The zero-order chi connectivity index (χ0) is 17.4. The van der Waals surface area contributed by atoms with E-state index in [1.165, 1.54) is 0 Å². The van der Waals surface area contributed by atoms with Gasteiger partial charge in [0.2, 0.25) is 5.91 Å². The molecule has 2 heterocycles. The molecule has 1 amide bonds. The van der Waals surface area contributed by atoms with E-state index < -0.39 is 0 Å². The molecule has 1 aliphatic heterocycles. The predicted octanol–water partition coefficient (Wildman–Crippen LogP) is 3.17. The number of H-pyrrole nitrogens is 1. The van der Waals surface area contributed by atoms with Gasteiger partial charge in [0.05, 0.1) is 27.8 Å². The van der Waals surface area contributed by atoms with Crippen LogP contribution in [0.3, 0.4) is 0 Å². The van der Waals surface area contributed by atoms with Gasteiger partial charge in [-0.1, -0.05) is 29.3 Å². The maximum absolute atomic E-state index is 12.9. The standard InChI is InChI=1S/C18H20Cl2N4O/c19-13-2-1-3-16(17(13)20)23-6-8-24(9-7-23)18(25)12-4-5-14-15(10-12)22-11-21-14/h1-3,11-12H,4-10H2,(H,21,22). The number of piperazine rings is 1. The Hall–Kier alpha value is -1.72. The minimum atomic E-state index is 0.0641. The minimum Gasteiger partial charge on any atom is -0.367 e. The lowest BCUT2D eigenvalue weighted by Crippen LogP contribution is -2.51. The number of hydrogen-bond donors (Lipinski definition) is 1. The zero-order valence-electron chi connectivity index (χ0n) is 13.8. The normalized spacial score (nSPS) is 20.5. The molecule has 1 atom stereocenters. The van der Waals surface area contributed by atoms with Gasteiger partial charge in [-0.25, -0.2) is 4.98 Å². The summed E-state index contributed by atoms with van der Waals surface area (Å²) < 4.78 is 0. The molecule has 0 bridgehead atoms. The number of anilines is 1. The van der Waals surface area contributed by atoms with Crippen LogP contribution < -0.4 is 4.90 Å². The minimum absolute atomic E-state index is 0.0641. The van der Waals surface area contributed by atoms with Crippen molar-refractivity contribution in [2.24, 2.45) is 5.92 Å². The summed E-state index contributed by atoms with van der Waals surface area (Å²) in [5.41, 5.74) is 3.18. The van der Waals surface area contributed by atoms with Crippen molar-refractivity contribution in [2.45, 2.75) is 19.3 Å². The van der Waals surface area contributed by atoms with Crippen LogP contribution in [0, 0.1) is 5.92 Å². The van der Waals surface area contributed by atoms with Gasteiger partial charge in [0.25, 0.3) is 0 Å². The summed E-state index contributed by atoms with van der Waals surface area (Å²) in [6.45, 7) is 2.98. The lowest BCUT2D eigenvalue weighted by Gasteiger charge is -2.38. The van der Waals surface area contributed by atoms with Crippen molar-refractivity contribution in [2.75, 3.05) is 31.1 Å². The van der Waals surface area contributed by atoms with Gasteiger partial charge in [-0.3, -0.25) is 4.79 Å². The molecule has 25 heavy (non-hydrogen) atoms. The second kappa shape index (κ2) is 6.89. The van der Waals surface area contributed by atoms with Gasteiger partial charge < -0.3 is 14.8 Å². The third-order valence-electron chi connectivity index (χ3n) is 5.20. The van der Waals surface area contributed by atoms with Crippen LogP contribution in [0.25, 0.3) is 0 Å². The number of carbonyl (C=O) groups is 1. The summed E-state index contributed by atoms with van der Waals surface area (Å²) in [6, 6.07) is 5.68. The molecule has 1 aliphatic carbocycles. The van der Waals surface area contributed by atoms with Crippen molar-refractivity contribution in [1.82, 2.24) is 14.9 Å². The van der Waals surface area contributed by atoms with Crippen LogP contribution in [0.15, 0.2) is 24.5 Å². The molecular weight excluding hydrogens is 359 g/mol. The fourth-order valence-electron chi connectivity index (χ4n) is 3.77. The second-order valence-corrected chi connectivity index (χ2v) is 7.44. The van der Waals surface area contributed by atoms with Gasteiger partial charge in [0.1, 0.15) is 0 Å². The Morgan fingerprint density at radius 1 is 1.20 bits per heavy atom. The summed E-state index contributed by atoms with van der Waals surface area (Å²) >= 11 is 12.4. The monoisotopic (exact) mass is 378 g/mol. The molecule has 0 radical (unpaired) electrons. The summed E-state index contributed by atoms with van der Waals surface area (Å²) in [5.74, 6) is 0.325. The average Bonchev–Trinajstić information content (AvgIpc) is 3.11. The van der Waals surface area contributed by atoms with E-state index >= 15 is 0 Å². The molecule has 1 unspecified atom stereocenters. The van der Waals surface area contributed by atoms with Crippen LogP contribution in [0.1, 0.15) is 17.8 Å². The van der Waals surface area contributed by atoms with E-state index in [4.69, 9.17) is 23.2 Å². The molecule has 0 saturated carbocycles. The Bertz CT molecular complexity index is 783. The van der Waals surface area contributed by atoms with E-state index in [1.807, 2.05) is 17.0 Å². The Kier molecular flexibility index (Phi) is 4.61. The van der Waals surface area contributed by atoms with E-state index in [0.29, 0.717) is 23.1 Å². The topological polar surface area (TPSA) is 52.2 Å². The first kappa shape index (κ1) is 16.7. The van der Waals surface area contributed by atoms with Crippen molar-refractivity contribution >= 4 is 34.8 Å². The number of aromatic amines is 1. The first-order valence-corrected chi connectivity index (χ1v) is 9.38. The van der Waals surface area contributed by atoms with Crippen LogP contribution in [-0.2, 0) is 17.6 Å². The molecule has 1 saturated heterocycles. The van der Waals surface area contributed by atoms with Crippen molar-refractivity contribution in [3.8, 4) is 0 Å². The quantitative estimate of drug-likeness (QED) is 0.872. The highest BCUT2D eigenvalue weighted by atomic mass is 35.5. The van der Waals surface area contributed by atoms with Crippen LogP contribution in [-0.4, -0.2) is 47.0 Å². The first-order valence-electron chi connectivity index (χ1n) is 8.62. The third-order valence-corrected chi connectivity index (χ3v) is 6.01. The van der Waals surface area contributed by atoms with Gasteiger partial charge in [0.15, 0.2) is 0 Å². The van der Waals surface area contributed by atoms with E-state index in [-0.39, 0.29) is 11.8 Å². The summed E-state index contributed by atoms with van der Waals surface area (Å²) in [5, 5.41) is 1.15. The molecule has 1 fully saturated rings. The molecule has 132 valence electrons. The summed E-state index contributed by atoms with van der Waals surface area (Å²) in [7, 11) is 0. The molecule has 1 aromatic carbocycles. The number of aromatic nitrogens is 2. The largest absolute Gasteiger partial charge is 0.367 e. The number of nitrogens with zero attached hydrogens (tertiary/aromatic N) is 3. The number of benzene rings is 1. The van der Waals surface area contributed by atoms with E-state index in [2.05, 4.69) is 14.9 Å². The summed E-state index contributed by atoms with van der Waals surface area (Å²) in [6.07, 6.45) is 4.27. The van der Waals surface area contributed by atoms with Crippen molar-refractivity contribution in [3.05, 3.63) is 46.0 Å². The molecule has 2 aliphatic rings. The van der Waals surface area contributed by atoms with E-state index in [0.717, 1.165) is 49.4 Å². The van der Waals surface area contributed by atoms with Crippen molar-refractivity contribution in [1.29, 1.82) is 0 Å². The Balaban J connectivity index is 1.39. The number of carbonyl (C=O) groups excluding carboxylic acids is 1. The smallest absolute Gasteiger partial charge is 0.226 e. The molecular formula is C18H20Cl2N4O. The molecule has 2 aromatic rings. The number of aryl methyl sites for hydroxylation is 1. The van der Waals surface area contributed by atoms with Gasteiger partial charge in [-0.15, -0.1) is 0 Å².